The summed E-state index contributed by atoms with van der Waals surface area (Å²) in [6.07, 6.45) is 1.34. The molecule has 2 amide bonds. The highest BCUT2D eigenvalue weighted by Crippen LogP contribution is 2.04. The number of amides is 2. The first-order valence-electron chi connectivity index (χ1n) is 6.16. The summed E-state index contributed by atoms with van der Waals surface area (Å²) >= 11 is 0. The fraction of sp³-hybridized carbons (Fsp3) is 0.133. The standard InChI is InChI=1S/C15H15N3O2/c1-10-2-4-11(5-3-10)8-18-15(20)12-6-7-13(14(16)19)17-9-12/h2-7,9H,8H2,1H3,(H2,16,19)(H,18,20). The highest BCUT2D eigenvalue weighted by molar-refractivity contribution is 5.95. The molecule has 5 heteroatoms. The van der Waals surface area contributed by atoms with Crippen LogP contribution in [0.3, 0.4) is 0 Å². The number of hydrogen-bond acceptors (Lipinski definition) is 3. The lowest BCUT2D eigenvalue weighted by Gasteiger charge is -2.06. The van der Waals surface area contributed by atoms with Gasteiger partial charge in [0.05, 0.1) is 5.56 Å². The molecule has 0 aliphatic rings. The lowest BCUT2D eigenvalue weighted by molar-refractivity contribution is 0.0947. The molecule has 0 aliphatic heterocycles. The fourth-order valence-corrected chi connectivity index (χ4v) is 1.66. The molecule has 5 nitrogen and oxygen atoms in total. The minimum atomic E-state index is -0.614. The van der Waals surface area contributed by atoms with Gasteiger partial charge >= 0.3 is 0 Å². The molecule has 2 rings (SSSR count). The van der Waals surface area contributed by atoms with Crippen molar-refractivity contribution in [1.82, 2.24) is 10.3 Å². The molecule has 1 aromatic heterocycles. The number of hydrogen-bond donors (Lipinski definition) is 2. The Morgan fingerprint density at radius 2 is 1.85 bits per heavy atom. The number of carbonyl (C=O) groups is 2. The van der Waals surface area contributed by atoms with Gasteiger partial charge in [-0.1, -0.05) is 29.8 Å². The van der Waals surface area contributed by atoms with Crippen LogP contribution < -0.4 is 11.1 Å². The van der Waals surface area contributed by atoms with Crippen molar-refractivity contribution >= 4 is 11.8 Å². The van der Waals surface area contributed by atoms with E-state index in [1.54, 1.807) is 0 Å². The minimum Gasteiger partial charge on any atom is -0.364 e. The molecule has 0 saturated carbocycles. The third-order valence-corrected chi connectivity index (χ3v) is 2.85. The number of pyridine rings is 1. The van der Waals surface area contributed by atoms with Crippen LogP contribution in [0.15, 0.2) is 42.6 Å². The van der Waals surface area contributed by atoms with Crippen LogP contribution >= 0.6 is 0 Å². The average Bonchev–Trinajstić information content (AvgIpc) is 2.46. The average molecular weight is 269 g/mol. The van der Waals surface area contributed by atoms with Crippen LogP contribution in [0.1, 0.15) is 32.0 Å². The Morgan fingerprint density at radius 3 is 2.40 bits per heavy atom. The van der Waals surface area contributed by atoms with Crippen molar-refractivity contribution in [3.63, 3.8) is 0 Å². The second-order valence-corrected chi connectivity index (χ2v) is 4.46. The van der Waals surface area contributed by atoms with Crippen LogP contribution in [0.25, 0.3) is 0 Å². The maximum atomic E-state index is 11.9. The molecule has 0 unspecified atom stereocenters. The molecule has 0 atom stereocenters. The molecule has 3 N–H and O–H groups in total. The molecular formula is C15H15N3O2. The Hall–Kier alpha value is -2.69. The Balaban J connectivity index is 1.97. The first-order chi connectivity index (χ1) is 9.56. The van der Waals surface area contributed by atoms with Gasteiger partial charge in [-0.05, 0) is 24.6 Å². The zero-order chi connectivity index (χ0) is 14.5. The van der Waals surface area contributed by atoms with E-state index in [0.29, 0.717) is 12.1 Å². The molecule has 2 aromatic rings. The molecule has 0 radical (unpaired) electrons. The van der Waals surface area contributed by atoms with Gasteiger partial charge in [0.2, 0.25) is 0 Å². The van der Waals surface area contributed by atoms with Crippen LogP contribution in [-0.4, -0.2) is 16.8 Å². The zero-order valence-electron chi connectivity index (χ0n) is 11.1. The molecule has 102 valence electrons. The van der Waals surface area contributed by atoms with Crippen molar-refractivity contribution in [2.24, 2.45) is 5.73 Å². The molecule has 1 heterocycles. The maximum absolute atomic E-state index is 11.9. The van der Waals surface area contributed by atoms with E-state index in [-0.39, 0.29) is 11.6 Å². The minimum absolute atomic E-state index is 0.139. The molecule has 0 fully saturated rings. The van der Waals surface area contributed by atoms with Gasteiger partial charge in [0, 0.05) is 12.7 Å². The van der Waals surface area contributed by atoms with Crippen molar-refractivity contribution in [2.45, 2.75) is 13.5 Å². The van der Waals surface area contributed by atoms with Gasteiger partial charge in [0.15, 0.2) is 0 Å². The van der Waals surface area contributed by atoms with Crippen molar-refractivity contribution < 1.29 is 9.59 Å². The third-order valence-electron chi connectivity index (χ3n) is 2.85. The topological polar surface area (TPSA) is 85.1 Å². The number of primary amides is 1. The molecule has 0 saturated heterocycles. The Kier molecular flexibility index (Phi) is 4.10. The first-order valence-corrected chi connectivity index (χ1v) is 6.16. The van der Waals surface area contributed by atoms with Gasteiger partial charge in [-0.15, -0.1) is 0 Å². The highest BCUT2D eigenvalue weighted by atomic mass is 16.2. The van der Waals surface area contributed by atoms with E-state index in [2.05, 4.69) is 10.3 Å². The van der Waals surface area contributed by atoms with E-state index in [1.807, 2.05) is 31.2 Å². The smallest absolute Gasteiger partial charge is 0.267 e. The molecular weight excluding hydrogens is 254 g/mol. The van der Waals surface area contributed by atoms with Crippen molar-refractivity contribution in [2.75, 3.05) is 0 Å². The number of nitrogens with one attached hydrogen (secondary N) is 1. The predicted octanol–water partition coefficient (Wildman–Crippen LogP) is 1.42. The van der Waals surface area contributed by atoms with Gasteiger partial charge in [-0.25, -0.2) is 0 Å². The van der Waals surface area contributed by atoms with E-state index in [4.69, 9.17) is 5.73 Å². The summed E-state index contributed by atoms with van der Waals surface area (Å²) in [5.74, 6) is -0.856. The van der Waals surface area contributed by atoms with E-state index in [1.165, 1.54) is 23.9 Å². The van der Waals surface area contributed by atoms with Crippen LogP contribution in [-0.2, 0) is 6.54 Å². The van der Waals surface area contributed by atoms with Crippen LogP contribution in [0, 0.1) is 6.92 Å². The fourth-order valence-electron chi connectivity index (χ4n) is 1.66. The molecule has 0 spiro atoms. The van der Waals surface area contributed by atoms with Crippen molar-refractivity contribution in [3.8, 4) is 0 Å². The number of nitrogens with two attached hydrogens (primary N) is 1. The largest absolute Gasteiger partial charge is 0.364 e. The van der Waals surface area contributed by atoms with E-state index in [0.717, 1.165) is 5.56 Å². The summed E-state index contributed by atoms with van der Waals surface area (Å²) < 4.78 is 0. The van der Waals surface area contributed by atoms with E-state index < -0.39 is 5.91 Å². The summed E-state index contributed by atoms with van der Waals surface area (Å²) in [7, 11) is 0. The normalized spacial score (nSPS) is 10.1. The second-order valence-electron chi connectivity index (χ2n) is 4.46. The number of aromatic nitrogens is 1. The van der Waals surface area contributed by atoms with Crippen molar-refractivity contribution in [3.05, 3.63) is 65.0 Å². The molecule has 20 heavy (non-hydrogen) atoms. The number of carbonyl (C=O) groups excluding carboxylic acids is 2. The van der Waals surface area contributed by atoms with Gasteiger partial charge in [-0.3, -0.25) is 14.6 Å². The van der Waals surface area contributed by atoms with Crippen LogP contribution in [0.4, 0.5) is 0 Å². The van der Waals surface area contributed by atoms with Gasteiger partial charge < -0.3 is 11.1 Å². The maximum Gasteiger partial charge on any atom is 0.267 e. The van der Waals surface area contributed by atoms with Crippen molar-refractivity contribution in [1.29, 1.82) is 0 Å². The first kappa shape index (κ1) is 13.7. The summed E-state index contributed by atoms with van der Waals surface area (Å²) in [5, 5.41) is 2.79. The molecule has 0 aliphatic carbocycles. The van der Waals surface area contributed by atoms with Crippen LogP contribution in [0.2, 0.25) is 0 Å². The summed E-state index contributed by atoms with van der Waals surface area (Å²) in [5.41, 5.74) is 7.81. The highest BCUT2D eigenvalue weighted by Gasteiger charge is 2.07. The Bertz CT molecular complexity index is 619. The van der Waals surface area contributed by atoms with Gasteiger partial charge in [0.25, 0.3) is 11.8 Å². The summed E-state index contributed by atoms with van der Waals surface area (Å²) in [6.45, 7) is 2.45. The van der Waals surface area contributed by atoms with E-state index in [9.17, 15) is 9.59 Å². The van der Waals surface area contributed by atoms with E-state index >= 15 is 0 Å². The quantitative estimate of drug-likeness (QED) is 0.880. The van der Waals surface area contributed by atoms with Gasteiger partial charge in [-0.2, -0.15) is 0 Å². The number of rotatable bonds is 4. The zero-order valence-corrected chi connectivity index (χ0v) is 11.1. The Morgan fingerprint density at radius 1 is 1.15 bits per heavy atom. The summed E-state index contributed by atoms with van der Waals surface area (Å²) in [6, 6.07) is 10.9. The number of benzene rings is 1. The molecule has 1 aromatic carbocycles. The molecule has 0 bridgehead atoms. The number of nitrogens with zero attached hydrogens (tertiary/aromatic N) is 1. The second kappa shape index (κ2) is 5.97. The number of aryl methyl sites for hydroxylation is 1. The summed E-state index contributed by atoms with van der Waals surface area (Å²) in [4.78, 5) is 26.6. The van der Waals surface area contributed by atoms with Crippen LogP contribution in [0.5, 0.6) is 0 Å². The predicted molar refractivity (Wildman–Crippen MR) is 75.1 cm³/mol. The third kappa shape index (κ3) is 3.41. The SMILES string of the molecule is Cc1ccc(CNC(=O)c2ccc(C(N)=O)nc2)cc1. The lowest BCUT2D eigenvalue weighted by Crippen LogP contribution is -2.23. The lowest BCUT2D eigenvalue weighted by atomic mass is 10.1. The van der Waals surface area contributed by atoms with Gasteiger partial charge in [0.1, 0.15) is 5.69 Å². The Labute approximate surface area is 116 Å². The monoisotopic (exact) mass is 269 g/mol.